The molecule has 2 fully saturated rings. The van der Waals surface area contributed by atoms with E-state index in [-0.39, 0.29) is 5.95 Å². The molecule has 0 spiro atoms. The Bertz CT molecular complexity index is 839. The Morgan fingerprint density at radius 1 is 1.03 bits per heavy atom. The number of nitrogen functional groups attached to an aromatic ring is 1. The van der Waals surface area contributed by atoms with Gasteiger partial charge in [0.25, 0.3) is 0 Å². The first kappa shape index (κ1) is 19.8. The second kappa shape index (κ2) is 8.86. The Labute approximate surface area is 172 Å². The normalized spacial score (nSPS) is 18.7. The van der Waals surface area contributed by atoms with Crippen molar-refractivity contribution in [3.8, 4) is 11.1 Å². The van der Waals surface area contributed by atoms with E-state index in [1.54, 1.807) is 12.4 Å². The molecule has 0 aliphatic carbocycles. The van der Waals surface area contributed by atoms with Gasteiger partial charge in [-0.2, -0.15) is 0 Å². The zero-order chi connectivity index (χ0) is 20.2. The van der Waals surface area contributed by atoms with Gasteiger partial charge in [-0.3, -0.25) is 14.7 Å². The Morgan fingerprint density at radius 2 is 1.72 bits per heavy atom. The van der Waals surface area contributed by atoms with E-state index >= 15 is 0 Å². The Hall–Kier alpha value is -2.54. The quantitative estimate of drug-likeness (QED) is 0.858. The summed E-state index contributed by atoms with van der Waals surface area (Å²) in [6.45, 7) is 6.33. The first-order valence-electron chi connectivity index (χ1n) is 10.6. The number of amides is 1. The highest BCUT2D eigenvalue weighted by molar-refractivity contribution is 5.78. The summed E-state index contributed by atoms with van der Waals surface area (Å²) in [5, 5.41) is 0. The molecule has 4 heterocycles. The fraction of sp³-hybridized carbons (Fsp3) is 0.545. The van der Waals surface area contributed by atoms with Gasteiger partial charge in [0.05, 0.1) is 6.54 Å². The Morgan fingerprint density at radius 3 is 2.41 bits per heavy atom. The molecule has 0 bridgehead atoms. The van der Waals surface area contributed by atoms with E-state index in [4.69, 9.17) is 10.7 Å². The summed E-state index contributed by atoms with van der Waals surface area (Å²) >= 11 is 0. The second-order valence-electron chi connectivity index (χ2n) is 8.24. The van der Waals surface area contributed by atoms with Crippen molar-refractivity contribution in [2.24, 2.45) is 0 Å². The highest BCUT2D eigenvalue weighted by Gasteiger charge is 2.25. The first-order chi connectivity index (χ1) is 14.1. The van der Waals surface area contributed by atoms with Crippen LogP contribution in [0.5, 0.6) is 0 Å². The Balaban J connectivity index is 1.38. The Kier molecular flexibility index (Phi) is 6.04. The van der Waals surface area contributed by atoms with Gasteiger partial charge in [0.2, 0.25) is 11.9 Å². The molecule has 2 aliphatic heterocycles. The molecule has 1 amide bonds. The van der Waals surface area contributed by atoms with Gasteiger partial charge in [0.15, 0.2) is 0 Å². The van der Waals surface area contributed by atoms with Gasteiger partial charge in [0.1, 0.15) is 0 Å². The van der Waals surface area contributed by atoms with Crippen LogP contribution >= 0.6 is 0 Å². The number of anilines is 1. The number of carbonyl (C=O) groups excluding carboxylic acids is 1. The van der Waals surface area contributed by atoms with Crippen LogP contribution in [0.25, 0.3) is 11.1 Å². The number of hydrogen-bond acceptors (Lipinski definition) is 6. The largest absolute Gasteiger partial charge is 0.368 e. The van der Waals surface area contributed by atoms with Crippen LogP contribution < -0.4 is 5.73 Å². The fourth-order valence-electron chi connectivity index (χ4n) is 4.38. The zero-order valence-electron chi connectivity index (χ0n) is 17.2. The number of nitrogens with zero attached hydrogens (tertiary/aromatic N) is 5. The van der Waals surface area contributed by atoms with Crippen molar-refractivity contribution in [1.29, 1.82) is 0 Å². The van der Waals surface area contributed by atoms with Gasteiger partial charge in [-0.05, 0) is 69.8 Å². The van der Waals surface area contributed by atoms with Crippen LogP contribution in [0.1, 0.15) is 49.4 Å². The lowest BCUT2D eigenvalue weighted by Crippen LogP contribution is -2.44. The lowest BCUT2D eigenvalue weighted by Gasteiger charge is -2.34. The van der Waals surface area contributed by atoms with Gasteiger partial charge < -0.3 is 10.6 Å². The topological polar surface area (TPSA) is 88.2 Å². The van der Waals surface area contributed by atoms with Crippen molar-refractivity contribution in [2.75, 3.05) is 38.5 Å². The summed E-state index contributed by atoms with van der Waals surface area (Å²) < 4.78 is 0. The molecule has 0 aromatic carbocycles. The van der Waals surface area contributed by atoms with E-state index in [1.807, 2.05) is 11.8 Å². The van der Waals surface area contributed by atoms with Crippen LogP contribution in [-0.2, 0) is 4.79 Å². The summed E-state index contributed by atoms with van der Waals surface area (Å²) in [7, 11) is 0. The van der Waals surface area contributed by atoms with Crippen molar-refractivity contribution in [3.63, 3.8) is 0 Å². The number of hydrogen-bond donors (Lipinski definition) is 1. The number of likely N-dealkylation sites (tertiary alicyclic amines) is 2. The second-order valence-corrected chi connectivity index (χ2v) is 8.24. The molecule has 7 nitrogen and oxygen atoms in total. The van der Waals surface area contributed by atoms with E-state index in [2.05, 4.69) is 27.0 Å². The lowest BCUT2D eigenvalue weighted by atomic mass is 9.91. The average molecular weight is 395 g/mol. The highest BCUT2D eigenvalue weighted by atomic mass is 16.2. The molecule has 2 aliphatic rings. The third-order valence-electron chi connectivity index (χ3n) is 6.05. The van der Waals surface area contributed by atoms with E-state index < -0.39 is 0 Å². The van der Waals surface area contributed by atoms with Gasteiger partial charge >= 0.3 is 0 Å². The monoisotopic (exact) mass is 394 g/mol. The molecular formula is C22H30N6O. The van der Waals surface area contributed by atoms with Gasteiger partial charge in [-0.15, -0.1) is 0 Å². The maximum absolute atomic E-state index is 12.5. The predicted octanol–water partition coefficient (Wildman–Crippen LogP) is 2.62. The molecule has 0 saturated carbocycles. The van der Waals surface area contributed by atoms with E-state index in [0.29, 0.717) is 18.4 Å². The zero-order valence-corrected chi connectivity index (χ0v) is 17.2. The average Bonchev–Trinajstić information content (AvgIpc) is 2.75. The van der Waals surface area contributed by atoms with Crippen LogP contribution in [0.4, 0.5) is 5.95 Å². The van der Waals surface area contributed by atoms with Crippen LogP contribution in [0.15, 0.2) is 24.5 Å². The van der Waals surface area contributed by atoms with Gasteiger partial charge in [0, 0.05) is 48.4 Å². The lowest BCUT2D eigenvalue weighted by molar-refractivity contribution is -0.133. The SMILES string of the molecule is Cc1cc(-c2cnc(N)nc2)cc(C2CCN(CC(=O)N3CCCCC3)CC2)n1. The first-order valence-corrected chi connectivity index (χ1v) is 10.6. The minimum Gasteiger partial charge on any atom is -0.368 e. The van der Waals surface area contributed by atoms with Crippen LogP contribution in [0.3, 0.4) is 0 Å². The molecule has 2 saturated heterocycles. The fourth-order valence-corrected chi connectivity index (χ4v) is 4.38. The van der Waals surface area contributed by atoms with Crippen molar-refractivity contribution in [1.82, 2.24) is 24.8 Å². The third-order valence-corrected chi connectivity index (χ3v) is 6.05. The molecule has 2 N–H and O–H groups in total. The summed E-state index contributed by atoms with van der Waals surface area (Å²) in [6, 6.07) is 4.21. The molecule has 4 rings (SSSR count). The molecule has 0 radical (unpaired) electrons. The maximum Gasteiger partial charge on any atom is 0.236 e. The van der Waals surface area contributed by atoms with Gasteiger partial charge in [-0.25, -0.2) is 9.97 Å². The van der Waals surface area contributed by atoms with Crippen LogP contribution in [0, 0.1) is 6.92 Å². The summed E-state index contributed by atoms with van der Waals surface area (Å²) in [5.74, 6) is 0.999. The number of piperidine rings is 2. The summed E-state index contributed by atoms with van der Waals surface area (Å²) in [6.07, 6.45) is 9.12. The molecule has 154 valence electrons. The van der Waals surface area contributed by atoms with Crippen molar-refractivity contribution >= 4 is 11.9 Å². The van der Waals surface area contributed by atoms with Crippen LogP contribution in [-0.4, -0.2) is 63.4 Å². The minimum atomic E-state index is 0.284. The number of nitrogens with two attached hydrogens (primary N) is 1. The van der Waals surface area contributed by atoms with Crippen molar-refractivity contribution in [3.05, 3.63) is 35.9 Å². The molecule has 29 heavy (non-hydrogen) atoms. The number of carbonyl (C=O) groups is 1. The number of rotatable bonds is 4. The molecule has 0 unspecified atom stereocenters. The van der Waals surface area contributed by atoms with E-state index in [0.717, 1.165) is 74.4 Å². The number of aromatic nitrogens is 3. The minimum absolute atomic E-state index is 0.284. The maximum atomic E-state index is 12.5. The molecular weight excluding hydrogens is 364 g/mol. The third kappa shape index (κ3) is 4.90. The molecule has 2 aromatic heterocycles. The highest BCUT2D eigenvalue weighted by Crippen LogP contribution is 2.30. The molecule has 7 heteroatoms. The number of pyridine rings is 1. The van der Waals surface area contributed by atoms with Gasteiger partial charge in [-0.1, -0.05) is 0 Å². The van der Waals surface area contributed by atoms with Crippen molar-refractivity contribution in [2.45, 2.75) is 44.9 Å². The van der Waals surface area contributed by atoms with E-state index in [1.165, 1.54) is 6.42 Å². The predicted molar refractivity (Wildman–Crippen MR) is 113 cm³/mol. The van der Waals surface area contributed by atoms with Crippen LogP contribution in [0.2, 0.25) is 0 Å². The summed E-state index contributed by atoms with van der Waals surface area (Å²) in [4.78, 5) is 29.9. The molecule has 0 atom stereocenters. The van der Waals surface area contributed by atoms with Crippen molar-refractivity contribution < 1.29 is 4.79 Å². The number of aryl methyl sites for hydroxylation is 1. The summed E-state index contributed by atoms with van der Waals surface area (Å²) in [5.41, 5.74) is 9.76. The smallest absolute Gasteiger partial charge is 0.236 e. The standard InChI is InChI=1S/C22H30N6O/c1-16-11-18(19-13-24-22(23)25-14-19)12-20(26-16)17-5-9-27(10-6-17)15-21(29)28-7-3-2-4-8-28/h11-14,17H,2-10,15H2,1H3,(H2,23,24,25). The molecule has 2 aromatic rings. The van der Waals surface area contributed by atoms with E-state index in [9.17, 15) is 4.79 Å².